The minimum atomic E-state index is -0.233. The topological polar surface area (TPSA) is 88.0 Å². The van der Waals surface area contributed by atoms with Gasteiger partial charge < -0.3 is 16.0 Å². The Kier molecular flexibility index (Phi) is 9.15. The lowest BCUT2D eigenvalue weighted by molar-refractivity contribution is -0.122. The fourth-order valence-electron chi connectivity index (χ4n) is 3.49. The molecule has 0 bridgehead atoms. The van der Waals surface area contributed by atoms with E-state index < -0.39 is 0 Å². The normalized spacial score (nSPS) is 14.1. The summed E-state index contributed by atoms with van der Waals surface area (Å²) in [5.41, 5.74) is 2.23. The van der Waals surface area contributed by atoms with Crippen molar-refractivity contribution < 1.29 is 9.59 Å². The standard InChI is InChI=1S/C21H29N5O2.ClH/c1-2-22-12-16-8-6-7-11-19(16)25-21(28)17-13-23-26(14-17)15-20(27)24-18-9-4-3-5-10-18;/h6-8,11,13-14,18,22H,2-5,9-10,12,15H2,1H3,(H,24,27)(H,25,28);1H. The highest BCUT2D eigenvalue weighted by Gasteiger charge is 2.17. The van der Waals surface area contributed by atoms with Gasteiger partial charge in [0.05, 0.1) is 11.8 Å². The van der Waals surface area contributed by atoms with Gasteiger partial charge in [-0.1, -0.05) is 44.4 Å². The quantitative estimate of drug-likeness (QED) is 0.613. The van der Waals surface area contributed by atoms with Crippen molar-refractivity contribution >= 4 is 29.9 Å². The van der Waals surface area contributed by atoms with Crippen LogP contribution in [0.4, 0.5) is 5.69 Å². The predicted molar refractivity (Wildman–Crippen MR) is 116 cm³/mol. The molecule has 7 nitrogen and oxygen atoms in total. The van der Waals surface area contributed by atoms with Gasteiger partial charge in [0.1, 0.15) is 6.54 Å². The third kappa shape index (κ3) is 6.87. The van der Waals surface area contributed by atoms with E-state index in [0.29, 0.717) is 12.1 Å². The molecule has 1 aliphatic rings. The van der Waals surface area contributed by atoms with Crippen LogP contribution in [0.5, 0.6) is 0 Å². The van der Waals surface area contributed by atoms with Crippen LogP contribution >= 0.6 is 12.4 Å². The van der Waals surface area contributed by atoms with E-state index in [9.17, 15) is 9.59 Å². The number of carbonyl (C=O) groups is 2. The van der Waals surface area contributed by atoms with Gasteiger partial charge in [0, 0.05) is 24.5 Å². The van der Waals surface area contributed by atoms with Crippen LogP contribution in [0.15, 0.2) is 36.7 Å². The van der Waals surface area contributed by atoms with Gasteiger partial charge in [0.25, 0.3) is 5.91 Å². The Balaban J connectivity index is 0.00000300. The zero-order valence-corrected chi connectivity index (χ0v) is 17.6. The van der Waals surface area contributed by atoms with Crippen LogP contribution in [0.1, 0.15) is 54.9 Å². The monoisotopic (exact) mass is 419 g/mol. The Bertz CT molecular complexity index is 802. The van der Waals surface area contributed by atoms with Crippen molar-refractivity contribution in [2.24, 2.45) is 0 Å². The molecular weight excluding hydrogens is 390 g/mol. The molecule has 1 aliphatic carbocycles. The summed E-state index contributed by atoms with van der Waals surface area (Å²) in [6, 6.07) is 7.98. The smallest absolute Gasteiger partial charge is 0.258 e. The van der Waals surface area contributed by atoms with E-state index in [1.54, 1.807) is 6.20 Å². The number of nitrogens with one attached hydrogen (secondary N) is 3. The van der Waals surface area contributed by atoms with Crippen molar-refractivity contribution in [2.45, 2.75) is 58.2 Å². The van der Waals surface area contributed by atoms with Crippen molar-refractivity contribution in [3.05, 3.63) is 47.8 Å². The number of hydrogen-bond donors (Lipinski definition) is 3. The molecule has 2 aromatic rings. The molecule has 158 valence electrons. The van der Waals surface area contributed by atoms with Crippen LogP contribution in [0.25, 0.3) is 0 Å². The molecule has 1 heterocycles. The Morgan fingerprint density at radius 2 is 1.93 bits per heavy atom. The van der Waals surface area contributed by atoms with Crippen LogP contribution < -0.4 is 16.0 Å². The SMILES string of the molecule is CCNCc1ccccc1NC(=O)c1cnn(CC(=O)NC2CCCCC2)c1.Cl. The Labute approximate surface area is 178 Å². The molecule has 0 saturated heterocycles. The largest absolute Gasteiger partial charge is 0.352 e. The average molecular weight is 420 g/mol. The van der Waals surface area contributed by atoms with Crippen LogP contribution in [0.3, 0.4) is 0 Å². The fraction of sp³-hybridized carbons (Fsp3) is 0.476. The average Bonchev–Trinajstić information content (AvgIpc) is 3.16. The molecule has 1 aromatic heterocycles. The minimum absolute atomic E-state index is 0. The minimum Gasteiger partial charge on any atom is -0.352 e. The van der Waals surface area contributed by atoms with E-state index in [2.05, 4.69) is 21.0 Å². The summed E-state index contributed by atoms with van der Waals surface area (Å²) < 4.78 is 1.51. The van der Waals surface area contributed by atoms with Crippen LogP contribution in [-0.4, -0.2) is 34.2 Å². The molecule has 1 aromatic carbocycles. The van der Waals surface area contributed by atoms with Crippen LogP contribution in [-0.2, 0) is 17.9 Å². The van der Waals surface area contributed by atoms with E-state index in [1.807, 2.05) is 31.2 Å². The highest BCUT2D eigenvalue weighted by Crippen LogP contribution is 2.18. The summed E-state index contributed by atoms with van der Waals surface area (Å²) in [6.07, 6.45) is 8.80. The molecule has 2 amide bonds. The van der Waals surface area contributed by atoms with Crippen molar-refractivity contribution in [1.82, 2.24) is 20.4 Å². The van der Waals surface area contributed by atoms with Gasteiger partial charge in [0.2, 0.25) is 5.91 Å². The number of rotatable bonds is 8. The van der Waals surface area contributed by atoms with Gasteiger partial charge in [-0.15, -0.1) is 12.4 Å². The van der Waals surface area contributed by atoms with Gasteiger partial charge in [0.15, 0.2) is 0 Å². The second-order valence-corrected chi connectivity index (χ2v) is 7.22. The number of carbonyl (C=O) groups excluding carboxylic acids is 2. The summed E-state index contributed by atoms with van der Waals surface area (Å²) in [5, 5.41) is 13.4. The maximum Gasteiger partial charge on any atom is 0.258 e. The number of anilines is 1. The summed E-state index contributed by atoms with van der Waals surface area (Å²) >= 11 is 0. The summed E-state index contributed by atoms with van der Waals surface area (Å²) in [4.78, 5) is 24.8. The molecule has 0 radical (unpaired) electrons. The molecule has 0 aliphatic heterocycles. The van der Waals surface area contributed by atoms with Gasteiger partial charge in [-0.05, 0) is 31.0 Å². The number of para-hydroxylation sites is 1. The van der Waals surface area contributed by atoms with Crippen molar-refractivity contribution in [3.8, 4) is 0 Å². The van der Waals surface area contributed by atoms with Crippen molar-refractivity contribution in [2.75, 3.05) is 11.9 Å². The molecular formula is C21H30ClN5O2. The lowest BCUT2D eigenvalue weighted by atomic mass is 9.95. The predicted octanol–water partition coefficient (Wildman–Crippen LogP) is 3.12. The van der Waals surface area contributed by atoms with Gasteiger partial charge in [-0.25, -0.2) is 0 Å². The zero-order chi connectivity index (χ0) is 19.8. The molecule has 29 heavy (non-hydrogen) atoms. The zero-order valence-electron chi connectivity index (χ0n) is 16.8. The van der Waals surface area contributed by atoms with Crippen molar-refractivity contribution in [1.29, 1.82) is 0 Å². The lowest BCUT2D eigenvalue weighted by Crippen LogP contribution is -2.38. The first-order chi connectivity index (χ1) is 13.7. The molecule has 3 N–H and O–H groups in total. The molecule has 1 fully saturated rings. The first-order valence-corrected chi connectivity index (χ1v) is 10.1. The number of amides is 2. The molecule has 0 unspecified atom stereocenters. The number of halogens is 1. The van der Waals surface area contributed by atoms with E-state index >= 15 is 0 Å². The van der Waals surface area contributed by atoms with Crippen LogP contribution in [0.2, 0.25) is 0 Å². The number of aromatic nitrogens is 2. The summed E-state index contributed by atoms with van der Waals surface area (Å²) in [5.74, 6) is -0.291. The highest BCUT2D eigenvalue weighted by molar-refractivity contribution is 6.04. The number of hydrogen-bond acceptors (Lipinski definition) is 4. The first-order valence-electron chi connectivity index (χ1n) is 10.1. The van der Waals surface area contributed by atoms with Gasteiger partial charge >= 0.3 is 0 Å². The van der Waals surface area contributed by atoms with Crippen molar-refractivity contribution in [3.63, 3.8) is 0 Å². The fourth-order valence-corrected chi connectivity index (χ4v) is 3.49. The maximum absolute atomic E-state index is 12.6. The second-order valence-electron chi connectivity index (χ2n) is 7.22. The number of benzene rings is 1. The lowest BCUT2D eigenvalue weighted by Gasteiger charge is -2.22. The van der Waals surface area contributed by atoms with Crippen LogP contribution in [0, 0.1) is 0 Å². The first kappa shape index (κ1) is 22.9. The third-order valence-corrected chi connectivity index (χ3v) is 5.00. The number of nitrogens with zero attached hydrogens (tertiary/aromatic N) is 2. The summed E-state index contributed by atoms with van der Waals surface area (Å²) in [6.45, 7) is 3.71. The molecule has 3 rings (SSSR count). The Morgan fingerprint density at radius 1 is 1.17 bits per heavy atom. The van der Waals surface area contributed by atoms with E-state index in [-0.39, 0.29) is 36.8 Å². The molecule has 0 atom stereocenters. The second kappa shape index (κ2) is 11.6. The van der Waals surface area contributed by atoms with Gasteiger partial charge in [-0.3, -0.25) is 14.3 Å². The molecule has 1 saturated carbocycles. The molecule has 0 spiro atoms. The van der Waals surface area contributed by atoms with E-state index in [4.69, 9.17) is 0 Å². The van der Waals surface area contributed by atoms with Gasteiger partial charge in [-0.2, -0.15) is 5.10 Å². The maximum atomic E-state index is 12.6. The van der Waals surface area contributed by atoms with E-state index in [0.717, 1.165) is 30.6 Å². The molecule has 8 heteroatoms. The Hall–Kier alpha value is -2.38. The highest BCUT2D eigenvalue weighted by atomic mass is 35.5. The van der Waals surface area contributed by atoms with E-state index in [1.165, 1.54) is 30.1 Å². The summed E-state index contributed by atoms with van der Waals surface area (Å²) in [7, 11) is 0. The third-order valence-electron chi connectivity index (χ3n) is 5.00. The Morgan fingerprint density at radius 3 is 2.69 bits per heavy atom.